The molecule has 0 aliphatic heterocycles. The highest BCUT2D eigenvalue weighted by molar-refractivity contribution is 9.10. The van der Waals surface area contributed by atoms with Crippen LogP contribution in [-0.2, 0) is 0 Å². The van der Waals surface area contributed by atoms with Gasteiger partial charge in [-0.1, -0.05) is 15.9 Å². The molecule has 7 nitrogen and oxygen atoms in total. The van der Waals surface area contributed by atoms with Gasteiger partial charge in [0.15, 0.2) is 5.69 Å². The van der Waals surface area contributed by atoms with Gasteiger partial charge in [0.1, 0.15) is 0 Å². The third-order valence-corrected chi connectivity index (χ3v) is 3.65. The molecule has 0 bridgehead atoms. The summed E-state index contributed by atoms with van der Waals surface area (Å²) in [5, 5.41) is 20.5. The zero-order valence-corrected chi connectivity index (χ0v) is 13.7. The number of rotatable bonds is 4. The van der Waals surface area contributed by atoms with Crippen molar-refractivity contribution < 1.29 is 14.4 Å². The first kappa shape index (κ1) is 15.9. The summed E-state index contributed by atoms with van der Waals surface area (Å²) in [4.78, 5) is 18.5. The first-order valence-electron chi connectivity index (χ1n) is 6.77. The van der Waals surface area contributed by atoms with Crippen LogP contribution in [0.1, 0.15) is 5.69 Å². The summed E-state index contributed by atoms with van der Waals surface area (Å²) in [5.74, 6) is -0.219. The molecule has 1 aromatic heterocycles. The fraction of sp³-hybridized carbons (Fsp3) is 0. The van der Waals surface area contributed by atoms with Crippen molar-refractivity contribution in [1.29, 1.82) is 0 Å². The molecule has 0 saturated heterocycles. The summed E-state index contributed by atoms with van der Waals surface area (Å²) in [6, 6.07) is 13.0. The lowest BCUT2D eigenvalue weighted by molar-refractivity contribution is -0.384. The first-order valence-corrected chi connectivity index (χ1v) is 7.56. The number of nitro groups is 1. The van der Waals surface area contributed by atoms with Gasteiger partial charge in [-0.3, -0.25) is 15.1 Å². The number of aromatic hydroxyl groups is 1. The second-order valence-electron chi connectivity index (χ2n) is 4.75. The molecule has 8 heteroatoms. The zero-order chi connectivity index (χ0) is 17.1. The van der Waals surface area contributed by atoms with Gasteiger partial charge in [0, 0.05) is 22.2 Å². The van der Waals surface area contributed by atoms with E-state index in [-0.39, 0.29) is 23.2 Å². The van der Waals surface area contributed by atoms with Crippen molar-refractivity contribution in [3.63, 3.8) is 0 Å². The van der Waals surface area contributed by atoms with Crippen LogP contribution in [0.2, 0.25) is 0 Å². The Morgan fingerprint density at radius 1 is 1.17 bits per heavy atom. The standard InChI is InChI=1S/C16H10BrN3O4/c17-11-3-5-12(6-4-11)18-9-14-16(21)24-15(19-14)10-1-7-13(8-2-10)20(22)23/h1-9,21H. The van der Waals surface area contributed by atoms with Crippen LogP contribution in [0.5, 0.6) is 5.95 Å². The second kappa shape index (κ2) is 6.63. The number of hydrogen-bond acceptors (Lipinski definition) is 6. The van der Waals surface area contributed by atoms with Gasteiger partial charge < -0.3 is 9.52 Å². The molecule has 0 atom stereocenters. The molecule has 3 rings (SSSR count). The SMILES string of the molecule is O=[N+]([O-])c1ccc(-c2nc(C=Nc3ccc(Br)cc3)c(O)o2)cc1. The highest BCUT2D eigenvalue weighted by atomic mass is 79.9. The summed E-state index contributed by atoms with van der Waals surface area (Å²) in [6.07, 6.45) is 1.39. The number of nitrogens with zero attached hydrogens (tertiary/aromatic N) is 3. The smallest absolute Gasteiger partial charge is 0.312 e. The monoisotopic (exact) mass is 387 g/mol. The molecule has 0 saturated carbocycles. The summed E-state index contributed by atoms with van der Waals surface area (Å²) < 4.78 is 6.12. The van der Waals surface area contributed by atoms with Gasteiger partial charge in [-0.2, -0.15) is 0 Å². The number of benzene rings is 2. The molecule has 24 heavy (non-hydrogen) atoms. The van der Waals surface area contributed by atoms with Gasteiger partial charge in [0.2, 0.25) is 5.89 Å². The summed E-state index contributed by atoms with van der Waals surface area (Å²) >= 11 is 3.33. The lowest BCUT2D eigenvalue weighted by atomic mass is 10.2. The van der Waals surface area contributed by atoms with E-state index in [4.69, 9.17) is 4.42 Å². The van der Waals surface area contributed by atoms with Crippen molar-refractivity contribution in [2.45, 2.75) is 0 Å². The maximum atomic E-state index is 10.7. The van der Waals surface area contributed by atoms with Gasteiger partial charge in [0.25, 0.3) is 5.69 Å². The van der Waals surface area contributed by atoms with Gasteiger partial charge in [0.05, 0.1) is 16.8 Å². The Bertz CT molecular complexity index is 902. The number of oxazole rings is 1. The molecule has 3 aromatic rings. The molecular formula is C16H10BrN3O4. The van der Waals surface area contributed by atoms with Crippen LogP contribution >= 0.6 is 15.9 Å². The third kappa shape index (κ3) is 3.49. The predicted octanol–water partition coefficient (Wildman–Crippen LogP) is 4.47. The van der Waals surface area contributed by atoms with Crippen molar-refractivity contribution in [1.82, 2.24) is 4.98 Å². The summed E-state index contributed by atoms with van der Waals surface area (Å²) in [6.45, 7) is 0. The van der Waals surface area contributed by atoms with E-state index in [1.54, 1.807) is 12.1 Å². The van der Waals surface area contributed by atoms with Crippen LogP contribution in [0.3, 0.4) is 0 Å². The number of aromatic nitrogens is 1. The molecule has 0 spiro atoms. The Balaban J connectivity index is 1.84. The van der Waals surface area contributed by atoms with E-state index >= 15 is 0 Å². The molecule has 0 radical (unpaired) electrons. The fourth-order valence-electron chi connectivity index (χ4n) is 1.92. The van der Waals surface area contributed by atoms with Crippen molar-refractivity contribution in [3.8, 4) is 17.4 Å². The minimum Gasteiger partial charge on any atom is -0.479 e. The summed E-state index contributed by atoms with van der Waals surface area (Å²) in [5.41, 5.74) is 1.34. The minimum atomic E-state index is -0.493. The first-order chi connectivity index (χ1) is 11.5. The molecule has 1 heterocycles. The largest absolute Gasteiger partial charge is 0.479 e. The van der Waals surface area contributed by atoms with Crippen LogP contribution in [0.15, 0.2) is 62.4 Å². The molecule has 0 aliphatic carbocycles. The normalized spacial score (nSPS) is 11.0. The van der Waals surface area contributed by atoms with E-state index < -0.39 is 4.92 Å². The number of nitro benzene ring substituents is 1. The lowest BCUT2D eigenvalue weighted by Gasteiger charge is -1.94. The van der Waals surface area contributed by atoms with Crippen LogP contribution in [-0.4, -0.2) is 21.2 Å². The maximum absolute atomic E-state index is 10.7. The quantitative estimate of drug-likeness (QED) is 0.404. The highest BCUT2D eigenvalue weighted by Gasteiger charge is 2.13. The number of non-ortho nitro benzene ring substituents is 1. The Morgan fingerprint density at radius 3 is 2.46 bits per heavy atom. The van der Waals surface area contributed by atoms with Crippen molar-refractivity contribution in [3.05, 3.63) is 68.8 Å². The number of hydrogen-bond donors (Lipinski definition) is 1. The van der Waals surface area contributed by atoms with E-state index in [0.29, 0.717) is 11.3 Å². The van der Waals surface area contributed by atoms with Crippen LogP contribution in [0.4, 0.5) is 11.4 Å². The van der Waals surface area contributed by atoms with Crippen LogP contribution in [0.25, 0.3) is 11.5 Å². The minimum absolute atomic E-state index is 0.0356. The van der Waals surface area contributed by atoms with Crippen molar-refractivity contribution in [2.24, 2.45) is 4.99 Å². The van der Waals surface area contributed by atoms with Crippen LogP contribution < -0.4 is 0 Å². The third-order valence-electron chi connectivity index (χ3n) is 3.12. The van der Waals surface area contributed by atoms with E-state index in [1.807, 2.05) is 12.1 Å². The van der Waals surface area contributed by atoms with E-state index in [9.17, 15) is 15.2 Å². The average Bonchev–Trinajstić information content (AvgIpc) is 2.95. The van der Waals surface area contributed by atoms with Crippen molar-refractivity contribution in [2.75, 3.05) is 0 Å². The number of halogens is 1. The van der Waals surface area contributed by atoms with Gasteiger partial charge in [-0.05, 0) is 36.4 Å². The Morgan fingerprint density at radius 2 is 1.83 bits per heavy atom. The Kier molecular flexibility index (Phi) is 4.39. The van der Waals surface area contributed by atoms with Gasteiger partial charge in [-0.25, -0.2) is 4.98 Å². The number of aliphatic imine (C=N–C) groups is 1. The average molecular weight is 388 g/mol. The predicted molar refractivity (Wildman–Crippen MR) is 91.7 cm³/mol. The van der Waals surface area contributed by atoms with Crippen molar-refractivity contribution >= 4 is 33.5 Å². The molecule has 120 valence electrons. The highest BCUT2D eigenvalue weighted by Crippen LogP contribution is 2.27. The molecular weight excluding hydrogens is 378 g/mol. The molecule has 0 amide bonds. The van der Waals surface area contributed by atoms with E-state index in [2.05, 4.69) is 25.9 Å². The summed E-state index contributed by atoms with van der Waals surface area (Å²) in [7, 11) is 0. The second-order valence-corrected chi connectivity index (χ2v) is 5.66. The molecule has 1 N–H and O–H groups in total. The van der Waals surface area contributed by atoms with E-state index in [0.717, 1.165) is 4.47 Å². The van der Waals surface area contributed by atoms with E-state index in [1.165, 1.54) is 30.5 Å². The zero-order valence-electron chi connectivity index (χ0n) is 12.1. The Hall–Kier alpha value is -3.00. The molecule has 2 aromatic carbocycles. The topological polar surface area (TPSA) is 102 Å². The lowest BCUT2D eigenvalue weighted by Crippen LogP contribution is -1.87. The Labute approximate surface area is 144 Å². The maximum Gasteiger partial charge on any atom is 0.312 e. The van der Waals surface area contributed by atoms with Crippen LogP contribution in [0, 0.1) is 10.1 Å². The molecule has 0 unspecified atom stereocenters. The van der Waals surface area contributed by atoms with Gasteiger partial charge in [-0.15, -0.1) is 0 Å². The fourth-order valence-corrected chi connectivity index (χ4v) is 2.18. The van der Waals surface area contributed by atoms with Gasteiger partial charge >= 0.3 is 5.95 Å². The molecule has 0 aliphatic rings. The molecule has 0 fully saturated rings.